The van der Waals surface area contributed by atoms with Crippen LogP contribution >= 0.6 is 0 Å². The van der Waals surface area contributed by atoms with Crippen LogP contribution in [0.4, 0.5) is 5.69 Å². The highest BCUT2D eigenvalue weighted by molar-refractivity contribution is 5.94. The number of esters is 1. The summed E-state index contributed by atoms with van der Waals surface area (Å²) in [5, 5.41) is 2.59. The van der Waals surface area contributed by atoms with Crippen LogP contribution in [0.1, 0.15) is 6.92 Å². The SMILES string of the molecule is C=C(C)C(=O)OCC(=O)Nc1cccc(OC)c1. The van der Waals surface area contributed by atoms with E-state index in [1.54, 1.807) is 24.3 Å². The van der Waals surface area contributed by atoms with E-state index in [1.165, 1.54) is 14.0 Å². The van der Waals surface area contributed by atoms with Crippen LogP contribution in [0.2, 0.25) is 0 Å². The number of anilines is 1. The molecular formula is C13H15NO4. The summed E-state index contributed by atoms with van der Waals surface area (Å²) >= 11 is 0. The van der Waals surface area contributed by atoms with Gasteiger partial charge in [-0.3, -0.25) is 4.79 Å². The second kappa shape index (κ2) is 6.44. The molecule has 0 unspecified atom stereocenters. The Hall–Kier alpha value is -2.30. The zero-order chi connectivity index (χ0) is 13.5. The van der Waals surface area contributed by atoms with Gasteiger partial charge in [-0.2, -0.15) is 0 Å². The van der Waals surface area contributed by atoms with E-state index in [0.29, 0.717) is 11.4 Å². The summed E-state index contributed by atoms with van der Waals surface area (Å²) in [7, 11) is 1.54. The summed E-state index contributed by atoms with van der Waals surface area (Å²) in [4.78, 5) is 22.6. The Kier molecular flexibility index (Phi) is 4.92. The second-order valence-electron chi connectivity index (χ2n) is 3.64. The van der Waals surface area contributed by atoms with Gasteiger partial charge in [-0.05, 0) is 19.1 Å². The van der Waals surface area contributed by atoms with Gasteiger partial charge in [0.15, 0.2) is 6.61 Å². The first-order valence-electron chi connectivity index (χ1n) is 5.29. The number of benzene rings is 1. The van der Waals surface area contributed by atoms with Gasteiger partial charge in [0.05, 0.1) is 7.11 Å². The molecule has 0 radical (unpaired) electrons. The monoisotopic (exact) mass is 249 g/mol. The Morgan fingerprint density at radius 1 is 1.39 bits per heavy atom. The van der Waals surface area contributed by atoms with Gasteiger partial charge < -0.3 is 14.8 Å². The lowest BCUT2D eigenvalue weighted by Gasteiger charge is -2.07. The summed E-state index contributed by atoms with van der Waals surface area (Å²) < 4.78 is 9.73. The predicted octanol–water partition coefficient (Wildman–Crippen LogP) is 1.75. The first-order chi connectivity index (χ1) is 8.52. The minimum atomic E-state index is -0.587. The van der Waals surface area contributed by atoms with Crippen molar-refractivity contribution in [1.82, 2.24) is 0 Å². The average molecular weight is 249 g/mol. The number of ether oxygens (including phenoxy) is 2. The molecule has 0 aliphatic carbocycles. The van der Waals surface area contributed by atoms with Gasteiger partial charge in [0.25, 0.3) is 5.91 Å². The maximum atomic E-state index is 11.5. The lowest BCUT2D eigenvalue weighted by atomic mass is 10.3. The molecule has 0 atom stereocenters. The van der Waals surface area contributed by atoms with Crippen LogP contribution < -0.4 is 10.1 Å². The third-order valence-corrected chi connectivity index (χ3v) is 2.04. The zero-order valence-electron chi connectivity index (χ0n) is 10.4. The van der Waals surface area contributed by atoms with E-state index in [1.807, 2.05) is 0 Å². The molecule has 0 aliphatic rings. The van der Waals surface area contributed by atoms with Crippen LogP contribution in [0.15, 0.2) is 36.4 Å². The number of nitrogens with one attached hydrogen (secondary N) is 1. The molecular weight excluding hydrogens is 234 g/mol. The van der Waals surface area contributed by atoms with Crippen LogP contribution in [0, 0.1) is 0 Å². The molecule has 0 aromatic heterocycles. The topological polar surface area (TPSA) is 64.6 Å². The Morgan fingerprint density at radius 3 is 2.72 bits per heavy atom. The van der Waals surface area contributed by atoms with Crippen LogP contribution in [-0.4, -0.2) is 25.6 Å². The number of methoxy groups -OCH3 is 1. The van der Waals surface area contributed by atoms with Crippen molar-refractivity contribution in [1.29, 1.82) is 0 Å². The predicted molar refractivity (Wildman–Crippen MR) is 67.4 cm³/mol. The molecule has 0 spiro atoms. The molecule has 1 N–H and O–H groups in total. The molecule has 0 saturated heterocycles. The molecule has 0 saturated carbocycles. The minimum absolute atomic E-state index is 0.254. The van der Waals surface area contributed by atoms with E-state index in [2.05, 4.69) is 11.9 Å². The van der Waals surface area contributed by atoms with Crippen LogP contribution in [0.3, 0.4) is 0 Å². The Balaban J connectivity index is 2.49. The Bertz CT molecular complexity index is 468. The fraction of sp³-hybridized carbons (Fsp3) is 0.231. The summed E-state index contributed by atoms with van der Waals surface area (Å²) in [5.74, 6) is -0.375. The smallest absolute Gasteiger partial charge is 0.333 e. The summed E-state index contributed by atoms with van der Waals surface area (Å²) in [6.45, 7) is 4.59. The quantitative estimate of drug-likeness (QED) is 0.638. The molecule has 0 heterocycles. The van der Waals surface area contributed by atoms with Crippen molar-refractivity contribution in [3.8, 4) is 5.75 Å². The maximum absolute atomic E-state index is 11.5. The van der Waals surface area contributed by atoms with Crippen molar-refractivity contribution in [3.05, 3.63) is 36.4 Å². The van der Waals surface area contributed by atoms with Crippen LogP contribution in [0.5, 0.6) is 5.75 Å². The van der Waals surface area contributed by atoms with E-state index in [-0.39, 0.29) is 12.2 Å². The van der Waals surface area contributed by atoms with Gasteiger partial charge in [0.1, 0.15) is 5.75 Å². The molecule has 0 aliphatic heterocycles. The highest BCUT2D eigenvalue weighted by Gasteiger charge is 2.08. The first-order valence-corrected chi connectivity index (χ1v) is 5.29. The van der Waals surface area contributed by atoms with Gasteiger partial charge in [0.2, 0.25) is 0 Å². The fourth-order valence-corrected chi connectivity index (χ4v) is 1.15. The van der Waals surface area contributed by atoms with Crippen molar-refractivity contribution in [2.75, 3.05) is 19.0 Å². The first kappa shape index (κ1) is 13.8. The van der Waals surface area contributed by atoms with Gasteiger partial charge in [-0.25, -0.2) is 4.79 Å². The highest BCUT2D eigenvalue weighted by Crippen LogP contribution is 2.16. The fourth-order valence-electron chi connectivity index (χ4n) is 1.15. The Morgan fingerprint density at radius 2 is 2.11 bits per heavy atom. The number of hydrogen-bond donors (Lipinski definition) is 1. The molecule has 5 heteroatoms. The van der Waals surface area contributed by atoms with Gasteiger partial charge in [-0.1, -0.05) is 12.6 Å². The molecule has 96 valence electrons. The lowest BCUT2D eigenvalue weighted by Crippen LogP contribution is -2.21. The van der Waals surface area contributed by atoms with Gasteiger partial charge in [0, 0.05) is 17.3 Å². The van der Waals surface area contributed by atoms with E-state index in [9.17, 15) is 9.59 Å². The maximum Gasteiger partial charge on any atom is 0.333 e. The van der Waals surface area contributed by atoms with Crippen molar-refractivity contribution in [3.63, 3.8) is 0 Å². The van der Waals surface area contributed by atoms with Gasteiger partial charge in [-0.15, -0.1) is 0 Å². The number of carbonyl (C=O) groups excluding carboxylic acids is 2. The molecule has 1 aromatic carbocycles. The summed E-state index contributed by atoms with van der Waals surface area (Å²) in [5.41, 5.74) is 0.829. The normalized spacial score (nSPS) is 9.44. The second-order valence-corrected chi connectivity index (χ2v) is 3.64. The van der Waals surface area contributed by atoms with Crippen molar-refractivity contribution < 1.29 is 19.1 Å². The summed E-state index contributed by atoms with van der Waals surface area (Å²) in [6, 6.07) is 6.88. The molecule has 1 aromatic rings. The molecule has 5 nitrogen and oxygen atoms in total. The molecule has 18 heavy (non-hydrogen) atoms. The van der Waals surface area contributed by atoms with E-state index < -0.39 is 11.9 Å². The largest absolute Gasteiger partial charge is 0.497 e. The van der Waals surface area contributed by atoms with Crippen LogP contribution in [-0.2, 0) is 14.3 Å². The number of carbonyl (C=O) groups is 2. The minimum Gasteiger partial charge on any atom is -0.497 e. The number of rotatable bonds is 5. The van der Waals surface area contributed by atoms with Crippen molar-refractivity contribution in [2.45, 2.75) is 6.92 Å². The summed E-state index contributed by atoms with van der Waals surface area (Å²) in [6.07, 6.45) is 0. The van der Waals surface area contributed by atoms with E-state index in [0.717, 1.165) is 0 Å². The lowest BCUT2D eigenvalue weighted by molar-refractivity contribution is -0.143. The molecule has 1 amide bonds. The van der Waals surface area contributed by atoms with Crippen LogP contribution in [0.25, 0.3) is 0 Å². The number of amides is 1. The van der Waals surface area contributed by atoms with E-state index >= 15 is 0 Å². The molecule has 0 bridgehead atoms. The number of hydrogen-bond acceptors (Lipinski definition) is 4. The third kappa shape index (κ3) is 4.29. The molecule has 0 fully saturated rings. The third-order valence-electron chi connectivity index (χ3n) is 2.04. The highest BCUT2D eigenvalue weighted by atomic mass is 16.5. The zero-order valence-corrected chi connectivity index (χ0v) is 10.4. The van der Waals surface area contributed by atoms with E-state index in [4.69, 9.17) is 9.47 Å². The average Bonchev–Trinajstić information content (AvgIpc) is 2.36. The van der Waals surface area contributed by atoms with Gasteiger partial charge >= 0.3 is 5.97 Å². The van der Waals surface area contributed by atoms with Crippen molar-refractivity contribution in [2.24, 2.45) is 0 Å². The Labute approximate surface area is 105 Å². The molecule has 1 rings (SSSR count). The van der Waals surface area contributed by atoms with Crippen molar-refractivity contribution >= 4 is 17.6 Å². The standard InChI is InChI=1S/C13H15NO4/c1-9(2)13(16)18-8-12(15)14-10-5-4-6-11(7-10)17-3/h4-7H,1,8H2,2-3H3,(H,14,15).